The fraction of sp³-hybridized carbons (Fsp3) is 0.750. The molecule has 0 bridgehead atoms. The minimum atomic E-state index is -4.23. The van der Waals surface area contributed by atoms with Crippen LogP contribution in [0.3, 0.4) is 0 Å². The minimum absolute atomic E-state index is 0.00762. The maximum atomic E-state index is 11.6. The Morgan fingerprint density at radius 1 is 1.54 bits per heavy atom. The van der Waals surface area contributed by atoms with E-state index in [4.69, 9.17) is 0 Å². The number of likely N-dealkylation sites (N-methyl/N-ethyl adjacent to an activating group) is 1. The number of hydrogen-bond acceptors (Lipinski definition) is 2. The van der Waals surface area contributed by atoms with Crippen LogP contribution in [0.15, 0.2) is 12.7 Å². The summed E-state index contributed by atoms with van der Waals surface area (Å²) in [5, 5.41) is 2.87. The number of alkyl halides is 3. The van der Waals surface area contributed by atoms with Gasteiger partial charge in [0.15, 0.2) is 0 Å². The van der Waals surface area contributed by atoms with Gasteiger partial charge in [0.05, 0.1) is 0 Å². The van der Waals surface area contributed by atoms with Crippen molar-refractivity contribution < 1.29 is 17.9 Å². The average Bonchev–Trinajstić information content (AvgIpc) is 2.03. The van der Waals surface area contributed by atoms with Crippen LogP contribution in [0.1, 0.15) is 6.42 Å². The molecular weight excluding hydrogens is 183 g/mol. The molecule has 5 heteroatoms. The third kappa shape index (κ3) is 7.80. The number of halogens is 3. The van der Waals surface area contributed by atoms with Crippen LogP contribution in [0.5, 0.6) is 0 Å². The molecule has 1 unspecified atom stereocenters. The molecule has 13 heavy (non-hydrogen) atoms. The normalized spacial score (nSPS) is 14.2. The Hall–Kier alpha value is -0.550. The Morgan fingerprint density at radius 2 is 2.15 bits per heavy atom. The smallest absolute Gasteiger partial charge is 0.372 e. The zero-order valence-electron chi connectivity index (χ0n) is 7.53. The van der Waals surface area contributed by atoms with Gasteiger partial charge in [-0.15, -0.1) is 6.58 Å². The van der Waals surface area contributed by atoms with Gasteiger partial charge in [0.2, 0.25) is 0 Å². The molecular formula is C8H14F3NO. The number of ether oxygens (including phenoxy) is 1. The van der Waals surface area contributed by atoms with Crippen LogP contribution >= 0.6 is 0 Å². The summed E-state index contributed by atoms with van der Waals surface area (Å²) in [7, 11) is 1.72. The van der Waals surface area contributed by atoms with Crippen LogP contribution in [0.4, 0.5) is 13.2 Å². The van der Waals surface area contributed by atoms with E-state index in [1.807, 2.05) is 0 Å². The quantitative estimate of drug-likeness (QED) is 0.517. The van der Waals surface area contributed by atoms with Crippen molar-refractivity contribution in [2.75, 3.05) is 20.3 Å². The van der Waals surface area contributed by atoms with E-state index in [9.17, 15) is 13.2 Å². The maximum absolute atomic E-state index is 11.6. The summed E-state index contributed by atoms with van der Waals surface area (Å²) in [5.41, 5.74) is 0. The van der Waals surface area contributed by atoms with Crippen molar-refractivity contribution in [2.24, 2.45) is 0 Å². The van der Waals surface area contributed by atoms with Gasteiger partial charge in [-0.25, -0.2) is 0 Å². The molecule has 0 spiro atoms. The van der Waals surface area contributed by atoms with E-state index in [0.29, 0.717) is 6.42 Å². The second kappa shape index (κ2) is 5.99. The molecule has 0 aromatic carbocycles. The molecule has 2 nitrogen and oxygen atoms in total. The Labute approximate surface area is 75.8 Å². The van der Waals surface area contributed by atoms with Crippen molar-refractivity contribution in [3.05, 3.63) is 12.7 Å². The van der Waals surface area contributed by atoms with Crippen molar-refractivity contribution in [1.82, 2.24) is 5.32 Å². The molecule has 0 aromatic heterocycles. The highest BCUT2D eigenvalue weighted by atomic mass is 19.4. The lowest BCUT2D eigenvalue weighted by molar-refractivity contribution is -0.174. The fourth-order valence-corrected chi connectivity index (χ4v) is 0.778. The zero-order chi connectivity index (χ0) is 10.3. The summed E-state index contributed by atoms with van der Waals surface area (Å²) in [4.78, 5) is 0. The molecule has 0 aliphatic heterocycles. The summed E-state index contributed by atoms with van der Waals surface area (Å²) >= 11 is 0. The van der Waals surface area contributed by atoms with Gasteiger partial charge < -0.3 is 10.1 Å². The van der Waals surface area contributed by atoms with Crippen molar-refractivity contribution in [3.63, 3.8) is 0 Å². The second-order valence-electron chi connectivity index (χ2n) is 2.59. The van der Waals surface area contributed by atoms with Gasteiger partial charge >= 0.3 is 6.18 Å². The van der Waals surface area contributed by atoms with Crippen molar-refractivity contribution in [3.8, 4) is 0 Å². The lowest BCUT2D eigenvalue weighted by Gasteiger charge is -2.12. The standard InChI is InChI=1S/C8H14F3NO/c1-3-7(12-2)4-5-13-6-8(9,10)11/h3,7,12H,1,4-6H2,2H3. The van der Waals surface area contributed by atoms with Crippen molar-refractivity contribution in [1.29, 1.82) is 0 Å². The molecule has 0 aromatic rings. The molecule has 0 fully saturated rings. The van der Waals surface area contributed by atoms with Gasteiger partial charge in [0, 0.05) is 12.6 Å². The summed E-state index contributed by atoms with van der Waals surface area (Å²) in [6, 6.07) is 0.00762. The molecule has 0 aliphatic rings. The van der Waals surface area contributed by atoms with E-state index in [1.165, 1.54) is 0 Å². The summed E-state index contributed by atoms with van der Waals surface area (Å²) in [5.74, 6) is 0. The van der Waals surface area contributed by atoms with Gasteiger partial charge in [0.1, 0.15) is 6.61 Å². The van der Waals surface area contributed by atoms with E-state index in [-0.39, 0.29) is 12.6 Å². The van der Waals surface area contributed by atoms with Crippen LogP contribution < -0.4 is 5.32 Å². The molecule has 0 aliphatic carbocycles. The monoisotopic (exact) mass is 197 g/mol. The SMILES string of the molecule is C=CC(CCOCC(F)(F)F)NC. The Balaban J connectivity index is 3.40. The number of nitrogens with one attached hydrogen (secondary N) is 1. The first-order valence-electron chi connectivity index (χ1n) is 3.94. The summed E-state index contributed by atoms with van der Waals surface area (Å²) in [6.45, 7) is 2.42. The molecule has 0 saturated heterocycles. The predicted molar refractivity (Wildman–Crippen MR) is 44.5 cm³/mol. The molecule has 0 amide bonds. The maximum Gasteiger partial charge on any atom is 0.411 e. The number of rotatable bonds is 6. The minimum Gasteiger partial charge on any atom is -0.372 e. The highest BCUT2D eigenvalue weighted by Crippen LogP contribution is 2.14. The van der Waals surface area contributed by atoms with E-state index in [1.54, 1.807) is 13.1 Å². The van der Waals surface area contributed by atoms with Crippen LogP contribution in [0.2, 0.25) is 0 Å². The third-order valence-electron chi connectivity index (χ3n) is 1.49. The second-order valence-corrected chi connectivity index (χ2v) is 2.59. The van der Waals surface area contributed by atoms with Crippen LogP contribution in [0, 0.1) is 0 Å². The molecule has 0 radical (unpaired) electrons. The molecule has 78 valence electrons. The third-order valence-corrected chi connectivity index (χ3v) is 1.49. The average molecular weight is 197 g/mol. The van der Waals surface area contributed by atoms with E-state index in [2.05, 4.69) is 16.6 Å². The highest BCUT2D eigenvalue weighted by molar-refractivity contribution is 4.83. The summed E-state index contributed by atoms with van der Waals surface area (Å²) in [6.07, 6.45) is -2.10. The zero-order valence-corrected chi connectivity index (χ0v) is 7.53. The first-order valence-corrected chi connectivity index (χ1v) is 3.94. The lowest BCUT2D eigenvalue weighted by atomic mass is 10.2. The van der Waals surface area contributed by atoms with Gasteiger partial charge in [-0.3, -0.25) is 0 Å². The molecule has 1 atom stereocenters. The topological polar surface area (TPSA) is 21.3 Å². The lowest BCUT2D eigenvalue weighted by Crippen LogP contribution is -2.25. The van der Waals surface area contributed by atoms with Gasteiger partial charge in [-0.2, -0.15) is 13.2 Å². The number of hydrogen-bond donors (Lipinski definition) is 1. The van der Waals surface area contributed by atoms with Gasteiger partial charge in [0.25, 0.3) is 0 Å². The first-order chi connectivity index (χ1) is 5.99. The van der Waals surface area contributed by atoms with E-state index in [0.717, 1.165) is 0 Å². The van der Waals surface area contributed by atoms with Crippen LogP contribution in [-0.4, -0.2) is 32.5 Å². The van der Waals surface area contributed by atoms with Crippen LogP contribution in [-0.2, 0) is 4.74 Å². The van der Waals surface area contributed by atoms with Crippen molar-refractivity contribution in [2.45, 2.75) is 18.6 Å². The van der Waals surface area contributed by atoms with Crippen molar-refractivity contribution >= 4 is 0 Å². The van der Waals surface area contributed by atoms with E-state index >= 15 is 0 Å². The summed E-state index contributed by atoms with van der Waals surface area (Å²) < 4.78 is 39.2. The largest absolute Gasteiger partial charge is 0.411 e. The first kappa shape index (κ1) is 12.4. The fourth-order valence-electron chi connectivity index (χ4n) is 0.778. The Kier molecular flexibility index (Phi) is 5.73. The molecule has 1 N–H and O–H groups in total. The predicted octanol–water partition coefficient (Wildman–Crippen LogP) is 1.73. The van der Waals surface area contributed by atoms with Gasteiger partial charge in [-0.1, -0.05) is 6.08 Å². The Bertz CT molecular complexity index is 147. The van der Waals surface area contributed by atoms with Gasteiger partial charge in [-0.05, 0) is 13.5 Å². The Morgan fingerprint density at radius 3 is 2.54 bits per heavy atom. The van der Waals surface area contributed by atoms with E-state index < -0.39 is 12.8 Å². The molecule has 0 rings (SSSR count). The molecule has 0 heterocycles. The highest BCUT2D eigenvalue weighted by Gasteiger charge is 2.27. The van der Waals surface area contributed by atoms with Crippen LogP contribution in [0.25, 0.3) is 0 Å². The molecule has 0 saturated carbocycles.